The highest BCUT2D eigenvalue weighted by Crippen LogP contribution is 2.64. The van der Waals surface area contributed by atoms with Gasteiger partial charge in [-0.25, -0.2) is 0 Å². The highest BCUT2D eigenvalue weighted by atomic mass is 16.6. The molecular weight excluding hydrogens is 188 g/mol. The molecule has 0 aromatic heterocycles. The third-order valence-corrected chi connectivity index (χ3v) is 5.67. The minimum absolute atomic E-state index is 0.0155. The Labute approximate surface area is 90.4 Å². The lowest BCUT2D eigenvalue weighted by molar-refractivity contribution is -0.153. The fourth-order valence-electron chi connectivity index (χ4n) is 5.28. The molecule has 2 bridgehead atoms. The van der Waals surface area contributed by atoms with E-state index in [-0.39, 0.29) is 11.6 Å². The third-order valence-electron chi connectivity index (χ3n) is 5.67. The van der Waals surface area contributed by atoms with E-state index in [1.165, 1.54) is 32.1 Å². The number of carbonyl (C=O) groups excluding carboxylic acids is 1. The van der Waals surface area contributed by atoms with E-state index in [0.29, 0.717) is 6.42 Å². The Hall–Kier alpha value is -0.530. The van der Waals surface area contributed by atoms with E-state index in [4.69, 9.17) is 4.74 Å². The SMILES string of the molecule is O=C1CC[C@]2(CC[C@@H]3[C@H]4CC[C@@H](C4)[C@H]32)O1. The second-order valence-electron chi connectivity index (χ2n) is 6.10. The molecule has 1 saturated heterocycles. The zero-order valence-corrected chi connectivity index (χ0v) is 9.08. The Morgan fingerprint density at radius 2 is 2.00 bits per heavy atom. The summed E-state index contributed by atoms with van der Waals surface area (Å²) in [6, 6.07) is 0. The van der Waals surface area contributed by atoms with Crippen molar-refractivity contribution in [3.8, 4) is 0 Å². The van der Waals surface area contributed by atoms with Crippen LogP contribution in [0.15, 0.2) is 0 Å². The van der Waals surface area contributed by atoms with Crippen LogP contribution in [-0.2, 0) is 9.53 Å². The van der Waals surface area contributed by atoms with Crippen molar-refractivity contribution in [2.75, 3.05) is 0 Å². The molecule has 15 heavy (non-hydrogen) atoms. The van der Waals surface area contributed by atoms with Crippen molar-refractivity contribution in [1.29, 1.82) is 0 Å². The lowest BCUT2D eigenvalue weighted by atomic mass is 9.75. The molecular formula is C13H18O2. The lowest BCUT2D eigenvalue weighted by Crippen LogP contribution is -2.38. The largest absolute Gasteiger partial charge is 0.459 e. The normalized spacial score (nSPS) is 56.4. The van der Waals surface area contributed by atoms with Crippen molar-refractivity contribution in [3.63, 3.8) is 0 Å². The topological polar surface area (TPSA) is 26.3 Å². The number of ether oxygens (including phenoxy) is 1. The van der Waals surface area contributed by atoms with Gasteiger partial charge in [0.1, 0.15) is 5.60 Å². The highest BCUT2D eigenvalue weighted by Gasteiger charge is 2.63. The Morgan fingerprint density at radius 1 is 1.13 bits per heavy atom. The molecule has 2 nitrogen and oxygen atoms in total. The van der Waals surface area contributed by atoms with Crippen LogP contribution in [0.4, 0.5) is 0 Å². The first-order valence-corrected chi connectivity index (χ1v) is 6.50. The summed E-state index contributed by atoms with van der Waals surface area (Å²) in [5.41, 5.74) is 0.0155. The highest BCUT2D eigenvalue weighted by molar-refractivity contribution is 5.72. The molecule has 2 heteroatoms. The van der Waals surface area contributed by atoms with E-state index >= 15 is 0 Å². The van der Waals surface area contributed by atoms with Gasteiger partial charge in [0.05, 0.1) is 0 Å². The molecule has 4 aliphatic rings. The van der Waals surface area contributed by atoms with Gasteiger partial charge in [-0.05, 0) is 56.3 Å². The molecule has 1 aliphatic heterocycles. The fraction of sp³-hybridized carbons (Fsp3) is 0.923. The quantitative estimate of drug-likeness (QED) is 0.569. The van der Waals surface area contributed by atoms with Crippen molar-refractivity contribution in [2.45, 2.75) is 50.5 Å². The summed E-state index contributed by atoms with van der Waals surface area (Å²) in [5, 5.41) is 0. The molecule has 0 unspecified atom stereocenters. The van der Waals surface area contributed by atoms with Crippen LogP contribution in [0.1, 0.15) is 44.9 Å². The maximum atomic E-state index is 11.4. The third kappa shape index (κ3) is 0.938. The fourth-order valence-corrected chi connectivity index (χ4v) is 5.28. The van der Waals surface area contributed by atoms with Gasteiger partial charge in [-0.15, -0.1) is 0 Å². The van der Waals surface area contributed by atoms with E-state index in [9.17, 15) is 4.79 Å². The van der Waals surface area contributed by atoms with Gasteiger partial charge in [0.2, 0.25) is 0 Å². The second-order valence-corrected chi connectivity index (χ2v) is 6.10. The van der Waals surface area contributed by atoms with Crippen molar-refractivity contribution in [3.05, 3.63) is 0 Å². The van der Waals surface area contributed by atoms with Gasteiger partial charge in [-0.3, -0.25) is 4.79 Å². The van der Waals surface area contributed by atoms with Crippen LogP contribution in [0, 0.1) is 23.7 Å². The van der Waals surface area contributed by atoms with Crippen molar-refractivity contribution < 1.29 is 9.53 Å². The average Bonchev–Trinajstić information content (AvgIpc) is 2.92. The Balaban J connectivity index is 1.70. The van der Waals surface area contributed by atoms with Crippen molar-refractivity contribution in [2.24, 2.45) is 23.7 Å². The number of hydrogen-bond donors (Lipinski definition) is 0. The number of hydrogen-bond acceptors (Lipinski definition) is 2. The molecule has 0 aromatic rings. The summed E-state index contributed by atoms with van der Waals surface area (Å²) in [7, 11) is 0. The van der Waals surface area contributed by atoms with Gasteiger partial charge in [0.25, 0.3) is 0 Å². The summed E-state index contributed by atoms with van der Waals surface area (Å²) in [4.78, 5) is 11.4. The van der Waals surface area contributed by atoms with Crippen molar-refractivity contribution in [1.82, 2.24) is 0 Å². The van der Waals surface area contributed by atoms with Crippen LogP contribution in [0.2, 0.25) is 0 Å². The minimum atomic E-state index is 0.0155. The molecule has 82 valence electrons. The van der Waals surface area contributed by atoms with Crippen LogP contribution in [0.5, 0.6) is 0 Å². The Kier molecular flexibility index (Phi) is 1.48. The van der Waals surface area contributed by atoms with Crippen LogP contribution in [0.25, 0.3) is 0 Å². The molecule has 0 aromatic carbocycles. The molecule has 4 rings (SSSR count). The van der Waals surface area contributed by atoms with Crippen molar-refractivity contribution >= 4 is 5.97 Å². The van der Waals surface area contributed by atoms with E-state index in [1.807, 2.05) is 0 Å². The summed E-state index contributed by atoms with van der Waals surface area (Å²) in [5.74, 6) is 3.61. The Morgan fingerprint density at radius 3 is 2.80 bits per heavy atom. The zero-order valence-electron chi connectivity index (χ0n) is 9.08. The summed E-state index contributed by atoms with van der Waals surface area (Å²) in [6.07, 6.45) is 8.51. The standard InChI is InChI=1S/C13H18O2/c14-11-4-6-13(15-11)5-3-10-8-1-2-9(7-8)12(10)13/h8-10,12H,1-7H2/t8-,9-,10+,12+,13-/m0/s1. The monoisotopic (exact) mass is 206 g/mol. The first-order valence-electron chi connectivity index (χ1n) is 6.50. The summed E-state index contributed by atoms with van der Waals surface area (Å²) < 4.78 is 5.74. The smallest absolute Gasteiger partial charge is 0.306 e. The number of rotatable bonds is 0. The Bertz CT molecular complexity index is 324. The molecule has 0 radical (unpaired) electrons. The summed E-state index contributed by atoms with van der Waals surface area (Å²) in [6.45, 7) is 0. The predicted octanol–water partition coefficient (Wildman–Crippen LogP) is 2.52. The van der Waals surface area contributed by atoms with E-state index in [1.54, 1.807) is 0 Å². The van der Waals surface area contributed by atoms with Gasteiger partial charge in [-0.2, -0.15) is 0 Å². The molecule has 0 N–H and O–H groups in total. The maximum Gasteiger partial charge on any atom is 0.306 e. The van der Waals surface area contributed by atoms with Gasteiger partial charge >= 0.3 is 5.97 Å². The molecule has 5 atom stereocenters. The zero-order chi connectivity index (χ0) is 10.0. The molecule has 3 saturated carbocycles. The first-order chi connectivity index (χ1) is 7.28. The predicted molar refractivity (Wildman–Crippen MR) is 55.1 cm³/mol. The minimum Gasteiger partial charge on any atom is -0.459 e. The molecule has 1 heterocycles. The van der Waals surface area contributed by atoms with Gasteiger partial charge in [0, 0.05) is 12.3 Å². The molecule has 4 fully saturated rings. The number of esters is 1. The van der Waals surface area contributed by atoms with Crippen LogP contribution < -0.4 is 0 Å². The van der Waals surface area contributed by atoms with E-state index in [2.05, 4.69) is 0 Å². The first kappa shape index (κ1) is 8.60. The van der Waals surface area contributed by atoms with Gasteiger partial charge < -0.3 is 4.74 Å². The van der Waals surface area contributed by atoms with E-state index in [0.717, 1.165) is 30.1 Å². The van der Waals surface area contributed by atoms with Crippen LogP contribution in [0.3, 0.4) is 0 Å². The molecule has 1 spiro atoms. The van der Waals surface area contributed by atoms with Crippen LogP contribution in [-0.4, -0.2) is 11.6 Å². The number of fused-ring (bicyclic) bond motifs is 6. The molecule has 0 amide bonds. The van der Waals surface area contributed by atoms with Gasteiger partial charge in [0.15, 0.2) is 0 Å². The number of carbonyl (C=O) groups is 1. The average molecular weight is 206 g/mol. The lowest BCUT2D eigenvalue weighted by Gasteiger charge is -2.35. The second kappa shape index (κ2) is 2.58. The van der Waals surface area contributed by atoms with Gasteiger partial charge in [-0.1, -0.05) is 0 Å². The van der Waals surface area contributed by atoms with E-state index < -0.39 is 0 Å². The maximum absolute atomic E-state index is 11.4. The van der Waals surface area contributed by atoms with Crippen LogP contribution >= 0.6 is 0 Å². The summed E-state index contributed by atoms with van der Waals surface area (Å²) >= 11 is 0. The molecule has 3 aliphatic carbocycles.